The molecule has 1 aliphatic heterocycles. The van der Waals surface area contributed by atoms with Crippen LogP contribution in [0.15, 0.2) is 0 Å². The van der Waals surface area contributed by atoms with Crippen molar-refractivity contribution in [1.82, 2.24) is 4.90 Å². The Morgan fingerprint density at radius 2 is 2.19 bits per heavy atom. The number of hydrogen-bond acceptors (Lipinski definition) is 4. The summed E-state index contributed by atoms with van der Waals surface area (Å²) in [6.07, 6.45) is 1.29. The largest absolute Gasteiger partial charge is 0.469 e. The van der Waals surface area contributed by atoms with Crippen LogP contribution < -0.4 is 0 Å². The second kappa shape index (κ2) is 5.15. The predicted octanol–water partition coefficient (Wildman–Crippen LogP) is 1.29. The van der Waals surface area contributed by atoms with E-state index in [4.69, 9.17) is 9.47 Å². The van der Waals surface area contributed by atoms with Gasteiger partial charge >= 0.3 is 5.97 Å². The summed E-state index contributed by atoms with van der Waals surface area (Å²) in [5, 5.41) is 0. The van der Waals surface area contributed by atoms with Gasteiger partial charge in [0.25, 0.3) is 0 Å². The van der Waals surface area contributed by atoms with Gasteiger partial charge in [-0.3, -0.25) is 9.69 Å². The highest BCUT2D eigenvalue weighted by molar-refractivity contribution is 5.76. The Morgan fingerprint density at radius 3 is 2.62 bits per heavy atom. The summed E-state index contributed by atoms with van der Waals surface area (Å²) in [6, 6.07) is 0.406. The Bertz CT molecular complexity index is 253. The third kappa shape index (κ3) is 2.95. The SMILES string of the molecule is COC(=O)C(C)(C)CN(C)C1CCOC1C. The van der Waals surface area contributed by atoms with Gasteiger partial charge in [0.1, 0.15) is 0 Å². The van der Waals surface area contributed by atoms with E-state index in [-0.39, 0.29) is 12.1 Å². The summed E-state index contributed by atoms with van der Waals surface area (Å²) in [7, 11) is 3.48. The number of nitrogens with zero attached hydrogens (tertiary/aromatic N) is 1. The Kier molecular flexibility index (Phi) is 4.33. The Hall–Kier alpha value is -0.610. The lowest BCUT2D eigenvalue weighted by Gasteiger charge is -2.33. The summed E-state index contributed by atoms with van der Waals surface area (Å²) in [6.45, 7) is 7.41. The maximum atomic E-state index is 11.6. The number of ether oxygens (including phenoxy) is 2. The van der Waals surface area contributed by atoms with Crippen LogP contribution in [0.1, 0.15) is 27.2 Å². The lowest BCUT2D eigenvalue weighted by molar-refractivity contribution is -0.152. The van der Waals surface area contributed by atoms with Gasteiger partial charge < -0.3 is 9.47 Å². The molecule has 4 nitrogen and oxygen atoms in total. The van der Waals surface area contributed by atoms with E-state index in [0.29, 0.717) is 12.6 Å². The number of carbonyl (C=O) groups is 1. The van der Waals surface area contributed by atoms with E-state index < -0.39 is 5.41 Å². The summed E-state index contributed by atoms with van der Waals surface area (Å²) in [5.74, 6) is -0.161. The number of esters is 1. The van der Waals surface area contributed by atoms with Crippen molar-refractivity contribution in [3.63, 3.8) is 0 Å². The number of carbonyl (C=O) groups excluding carboxylic acids is 1. The van der Waals surface area contributed by atoms with Crippen molar-refractivity contribution in [2.45, 2.75) is 39.3 Å². The third-order valence-electron chi connectivity index (χ3n) is 3.29. The molecule has 1 rings (SSSR count). The van der Waals surface area contributed by atoms with E-state index in [1.807, 2.05) is 20.9 Å². The molecule has 0 spiro atoms. The highest BCUT2D eigenvalue weighted by atomic mass is 16.5. The molecule has 0 aliphatic carbocycles. The lowest BCUT2D eigenvalue weighted by Crippen LogP contribution is -2.45. The maximum Gasteiger partial charge on any atom is 0.312 e. The fourth-order valence-electron chi connectivity index (χ4n) is 2.38. The minimum Gasteiger partial charge on any atom is -0.469 e. The number of likely N-dealkylation sites (N-methyl/N-ethyl adjacent to an activating group) is 1. The summed E-state index contributed by atoms with van der Waals surface area (Å²) < 4.78 is 10.3. The van der Waals surface area contributed by atoms with Gasteiger partial charge in [0.2, 0.25) is 0 Å². The Balaban J connectivity index is 2.56. The number of rotatable bonds is 4. The van der Waals surface area contributed by atoms with Gasteiger partial charge in [0.15, 0.2) is 0 Å². The van der Waals surface area contributed by atoms with Gasteiger partial charge in [-0.15, -0.1) is 0 Å². The van der Waals surface area contributed by atoms with Crippen LogP contribution >= 0.6 is 0 Å². The Labute approximate surface area is 97.9 Å². The molecule has 2 unspecified atom stereocenters. The molecule has 0 radical (unpaired) electrons. The van der Waals surface area contributed by atoms with Gasteiger partial charge in [-0.1, -0.05) is 0 Å². The van der Waals surface area contributed by atoms with Crippen LogP contribution in [0.4, 0.5) is 0 Å². The minimum absolute atomic E-state index is 0.161. The standard InChI is InChI=1S/C12H23NO3/c1-9-10(6-7-16-9)13(4)8-12(2,3)11(14)15-5/h9-10H,6-8H2,1-5H3. The number of hydrogen-bond donors (Lipinski definition) is 0. The topological polar surface area (TPSA) is 38.8 Å². The molecule has 0 bridgehead atoms. The first-order valence-corrected chi connectivity index (χ1v) is 5.78. The highest BCUT2D eigenvalue weighted by Gasteiger charge is 2.35. The highest BCUT2D eigenvalue weighted by Crippen LogP contribution is 2.24. The van der Waals surface area contributed by atoms with Crippen molar-refractivity contribution in [1.29, 1.82) is 0 Å². The average Bonchev–Trinajstić information content (AvgIpc) is 2.62. The zero-order chi connectivity index (χ0) is 12.3. The van der Waals surface area contributed by atoms with Gasteiger partial charge in [0.05, 0.1) is 18.6 Å². The van der Waals surface area contributed by atoms with Crippen molar-refractivity contribution in [2.24, 2.45) is 5.41 Å². The van der Waals surface area contributed by atoms with E-state index >= 15 is 0 Å². The van der Waals surface area contributed by atoms with Crippen molar-refractivity contribution in [3.8, 4) is 0 Å². The van der Waals surface area contributed by atoms with E-state index in [9.17, 15) is 4.79 Å². The summed E-state index contributed by atoms with van der Waals surface area (Å²) in [5.41, 5.74) is -0.466. The van der Waals surface area contributed by atoms with Crippen LogP contribution in [0.25, 0.3) is 0 Å². The molecule has 1 aliphatic rings. The third-order valence-corrected chi connectivity index (χ3v) is 3.29. The molecule has 0 aromatic carbocycles. The second-order valence-corrected chi connectivity index (χ2v) is 5.22. The molecular weight excluding hydrogens is 206 g/mol. The molecule has 2 atom stereocenters. The second-order valence-electron chi connectivity index (χ2n) is 5.22. The van der Waals surface area contributed by atoms with Crippen LogP contribution in [-0.4, -0.2) is 50.3 Å². The van der Waals surface area contributed by atoms with Crippen LogP contribution in [0.2, 0.25) is 0 Å². The first-order chi connectivity index (χ1) is 7.38. The zero-order valence-corrected chi connectivity index (χ0v) is 10.9. The van der Waals surface area contributed by atoms with Crippen LogP contribution in [-0.2, 0) is 14.3 Å². The van der Waals surface area contributed by atoms with E-state index in [0.717, 1.165) is 13.0 Å². The van der Waals surface area contributed by atoms with Crippen LogP contribution in [0, 0.1) is 5.41 Å². The van der Waals surface area contributed by atoms with Gasteiger partial charge in [-0.2, -0.15) is 0 Å². The fourth-order valence-corrected chi connectivity index (χ4v) is 2.38. The molecule has 1 fully saturated rings. The maximum absolute atomic E-state index is 11.6. The molecule has 0 amide bonds. The quantitative estimate of drug-likeness (QED) is 0.681. The van der Waals surface area contributed by atoms with Crippen molar-refractivity contribution in [3.05, 3.63) is 0 Å². The molecule has 0 aromatic rings. The molecule has 0 aromatic heterocycles. The zero-order valence-electron chi connectivity index (χ0n) is 10.9. The summed E-state index contributed by atoms with van der Waals surface area (Å²) >= 11 is 0. The van der Waals surface area contributed by atoms with Crippen molar-refractivity contribution < 1.29 is 14.3 Å². The van der Waals surface area contributed by atoms with Crippen molar-refractivity contribution in [2.75, 3.05) is 27.3 Å². The first kappa shape index (κ1) is 13.5. The fraction of sp³-hybridized carbons (Fsp3) is 0.917. The first-order valence-electron chi connectivity index (χ1n) is 5.78. The van der Waals surface area contributed by atoms with Gasteiger partial charge in [0, 0.05) is 19.2 Å². The molecule has 94 valence electrons. The monoisotopic (exact) mass is 229 g/mol. The molecule has 1 heterocycles. The van der Waals surface area contributed by atoms with E-state index in [1.54, 1.807) is 0 Å². The lowest BCUT2D eigenvalue weighted by atomic mass is 9.92. The molecule has 1 saturated heterocycles. The van der Waals surface area contributed by atoms with Crippen molar-refractivity contribution >= 4 is 5.97 Å². The van der Waals surface area contributed by atoms with Gasteiger partial charge in [-0.05, 0) is 34.2 Å². The minimum atomic E-state index is -0.466. The molecule has 4 heteroatoms. The normalized spacial score (nSPS) is 26.1. The van der Waals surface area contributed by atoms with Crippen LogP contribution in [0.3, 0.4) is 0 Å². The molecule has 16 heavy (non-hydrogen) atoms. The van der Waals surface area contributed by atoms with Crippen LogP contribution in [0.5, 0.6) is 0 Å². The van der Waals surface area contributed by atoms with E-state index in [2.05, 4.69) is 11.8 Å². The smallest absolute Gasteiger partial charge is 0.312 e. The molecule has 0 saturated carbocycles. The molecular formula is C12H23NO3. The average molecular weight is 229 g/mol. The number of methoxy groups -OCH3 is 1. The predicted molar refractivity (Wildman–Crippen MR) is 62.2 cm³/mol. The van der Waals surface area contributed by atoms with E-state index in [1.165, 1.54) is 7.11 Å². The molecule has 0 N–H and O–H groups in total. The Morgan fingerprint density at radius 1 is 1.56 bits per heavy atom. The van der Waals surface area contributed by atoms with Gasteiger partial charge in [-0.25, -0.2) is 0 Å². The summed E-state index contributed by atoms with van der Waals surface area (Å²) in [4.78, 5) is 13.8.